The van der Waals surface area contributed by atoms with E-state index in [1.807, 2.05) is 32.9 Å². The second-order valence-electron chi connectivity index (χ2n) is 6.61. The maximum Gasteiger partial charge on any atom is 0.270 e. The number of carbonyl (C=O) groups is 1. The van der Waals surface area contributed by atoms with Gasteiger partial charge in [-0.2, -0.15) is 0 Å². The number of aromatic nitrogens is 2. The van der Waals surface area contributed by atoms with Crippen molar-refractivity contribution in [1.29, 1.82) is 0 Å². The molecule has 2 N–H and O–H groups in total. The van der Waals surface area contributed by atoms with Crippen molar-refractivity contribution >= 4 is 32.4 Å². The molecule has 0 atom stereocenters. The first-order valence-corrected chi connectivity index (χ1v) is 12.2. The monoisotopic (exact) mass is 476 g/mol. The minimum Gasteiger partial charge on any atom is -0.490 e. The molecule has 1 amide bonds. The molecule has 0 aliphatic rings. The zero-order valence-corrected chi connectivity index (χ0v) is 19.5. The fraction of sp³-hybridized carbons (Fsp3) is 0.286. The maximum absolute atomic E-state index is 12.6. The van der Waals surface area contributed by atoms with Gasteiger partial charge in [0.05, 0.1) is 13.2 Å². The van der Waals surface area contributed by atoms with Crippen LogP contribution in [-0.2, 0) is 16.6 Å². The molecular weight excluding hydrogens is 452 g/mol. The number of aryl methyl sites for hydroxylation is 1. The second-order valence-corrected chi connectivity index (χ2v) is 9.53. The van der Waals surface area contributed by atoms with Gasteiger partial charge in [-0.1, -0.05) is 35.6 Å². The molecule has 0 aliphatic heterocycles. The van der Waals surface area contributed by atoms with Crippen LogP contribution in [0.15, 0.2) is 46.8 Å². The van der Waals surface area contributed by atoms with Crippen molar-refractivity contribution in [3.63, 3.8) is 0 Å². The molecule has 1 aromatic heterocycles. The summed E-state index contributed by atoms with van der Waals surface area (Å²) in [5.41, 5.74) is 1.97. The minimum atomic E-state index is -3.92. The number of rotatable bonds is 10. The number of hydrogen-bond acceptors (Lipinski definition) is 8. The molecule has 0 fully saturated rings. The molecule has 0 unspecified atom stereocenters. The van der Waals surface area contributed by atoms with E-state index in [1.165, 1.54) is 0 Å². The summed E-state index contributed by atoms with van der Waals surface area (Å²) in [6.07, 6.45) is 0. The van der Waals surface area contributed by atoms with E-state index in [0.29, 0.717) is 35.8 Å². The van der Waals surface area contributed by atoms with Gasteiger partial charge in [-0.3, -0.25) is 10.1 Å². The SMILES string of the molecule is CCOc1ccc(CNS(=O)(=O)c2nnc(NC(=O)c3ccccc3C)s2)cc1OCC. The van der Waals surface area contributed by atoms with Gasteiger partial charge in [0.25, 0.3) is 15.9 Å². The van der Waals surface area contributed by atoms with Crippen LogP contribution in [0, 0.1) is 6.92 Å². The van der Waals surface area contributed by atoms with E-state index in [2.05, 4.69) is 20.2 Å². The third-order valence-electron chi connectivity index (χ3n) is 4.32. The summed E-state index contributed by atoms with van der Waals surface area (Å²) in [4.78, 5) is 12.4. The van der Waals surface area contributed by atoms with Crippen LogP contribution >= 0.6 is 11.3 Å². The highest BCUT2D eigenvalue weighted by Crippen LogP contribution is 2.29. The summed E-state index contributed by atoms with van der Waals surface area (Å²) in [6.45, 7) is 6.52. The van der Waals surface area contributed by atoms with E-state index >= 15 is 0 Å². The molecule has 0 saturated carbocycles. The number of anilines is 1. The Bertz CT molecular complexity index is 1190. The molecule has 3 rings (SSSR count). The van der Waals surface area contributed by atoms with Crippen LogP contribution in [0.25, 0.3) is 0 Å². The Kier molecular flexibility index (Phi) is 7.78. The van der Waals surface area contributed by atoms with Crippen molar-refractivity contribution in [3.05, 3.63) is 59.2 Å². The predicted octanol–water partition coefficient (Wildman–Crippen LogP) is 3.37. The van der Waals surface area contributed by atoms with Crippen molar-refractivity contribution in [2.75, 3.05) is 18.5 Å². The molecule has 32 heavy (non-hydrogen) atoms. The van der Waals surface area contributed by atoms with Gasteiger partial charge in [-0.25, -0.2) is 13.1 Å². The summed E-state index contributed by atoms with van der Waals surface area (Å²) in [6, 6.07) is 12.3. The lowest BCUT2D eigenvalue weighted by atomic mass is 10.1. The number of nitrogens with one attached hydrogen (secondary N) is 2. The molecule has 0 saturated heterocycles. The summed E-state index contributed by atoms with van der Waals surface area (Å²) < 4.78 is 38.6. The third-order valence-corrected chi connectivity index (χ3v) is 6.93. The van der Waals surface area contributed by atoms with Crippen molar-refractivity contribution < 1.29 is 22.7 Å². The van der Waals surface area contributed by atoms with E-state index in [-0.39, 0.29) is 21.9 Å². The van der Waals surface area contributed by atoms with Crippen LogP contribution in [-0.4, -0.2) is 37.7 Å². The average molecular weight is 477 g/mol. The van der Waals surface area contributed by atoms with Crippen molar-refractivity contribution in [1.82, 2.24) is 14.9 Å². The van der Waals surface area contributed by atoms with Gasteiger partial charge in [0.15, 0.2) is 11.5 Å². The molecule has 1 heterocycles. The number of sulfonamides is 1. The number of nitrogens with zero attached hydrogens (tertiary/aromatic N) is 2. The van der Waals surface area contributed by atoms with Crippen LogP contribution in [0.3, 0.4) is 0 Å². The Morgan fingerprint density at radius 2 is 1.75 bits per heavy atom. The zero-order valence-electron chi connectivity index (χ0n) is 17.9. The summed E-state index contributed by atoms with van der Waals surface area (Å²) in [5, 5.41) is 10.2. The van der Waals surface area contributed by atoms with Gasteiger partial charge >= 0.3 is 0 Å². The highest BCUT2D eigenvalue weighted by Gasteiger charge is 2.21. The van der Waals surface area contributed by atoms with Crippen LogP contribution in [0.5, 0.6) is 11.5 Å². The first-order chi connectivity index (χ1) is 15.3. The normalized spacial score (nSPS) is 11.2. The Labute approximate surface area is 190 Å². The second kappa shape index (κ2) is 10.5. The van der Waals surface area contributed by atoms with Crippen LogP contribution in [0.1, 0.15) is 35.3 Å². The lowest BCUT2D eigenvalue weighted by Gasteiger charge is -2.12. The lowest BCUT2D eigenvalue weighted by molar-refractivity contribution is 0.102. The molecule has 0 radical (unpaired) electrons. The van der Waals surface area contributed by atoms with Gasteiger partial charge < -0.3 is 9.47 Å². The maximum atomic E-state index is 12.6. The van der Waals surface area contributed by atoms with Crippen molar-refractivity contribution in [2.45, 2.75) is 31.7 Å². The molecule has 11 heteroatoms. The molecule has 0 spiro atoms. The number of benzene rings is 2. The number of ether oxygens (including phenoxy) is 2. The topological polar surface area (TPSA) is 120 Å². The molecule has 3 aromatic rings. The highest BCUT2D eigenvalue weighted by molar-refractivity contribution is 7.91. The highest BCUT2D eigenvalue weighted by atomic mass is 32.2. The Morgan fingerprint density at radius 3 is 2.47 bits per heavy atom. The minimum absolute atomic E-state index is 0.0271. The quantitative estimate of drug-likeness (QED) is 0.431. The van der Waals surface area contributed by atoms with Crippen LogP contribution < -0.4 is 19.5 Å². The standard InChI is InChI=1S/C21H24N4O5S2/c1-4-29-17-11-10-15(12-18(17)30-5-2)13-22-32(27,28)21-25-24-20(31-21)23-19(26)16-9-7-6-8-14(16)3/h6-12,22H,4-5,13H2,1-3H3,(H,23,24,26). The van der Waals surface area contributed by atoms with Gasteiger partial charge in [0.1, 0.15) is 0 Å². The lowest BCUT2D eigenvalue weighted by Crippen LogP contribution is -2.23. The fourth-order valence-electron chi connectivity index (χ4n) is 2.81. The van der Waals surface area contributed by atoms with Gasteiger partial charge in [0.2, 0.25) is 9.47 Å². The Morgan fingerprint density at radius 1 is 1.03 bits per heavy atom. The van der Waals surface area contributed by atoms with Gasteiger partial charge in [0, 0.05) is 12.1 Å². The van der Waals surface area contributed by atoms with E-state index in [9.17, 15) is 13.2 Å². The van der Waals surface area contributed by atoms with E-state index < -0.39 is 10.0 Å². The number of carbonyl (C=O) groups excluding carboxylic acids is 1. The predicted molar refractivity (Wildman–Crippen MR) is 122 cm³/mol. The van der Waals surface area contributed by atoms with E-state index in [0.717, 1.165) is 16.9 Å². The first kappa shape index (κ1) is 23.6. The van der Waals surface area contributed by atoms with E-state index in [1.54, 1.807) is 30.3 Å². The smallest absolute Gasteiger partial charge is 0.270 e. The first-order valence-electron chi connectivity index (χ1n) is 9.92. The molecule has 0 bridgehead atoms. The molecule has 9 nitrogen and oxygen atoms in total. The van der Waals surface area contributed by atoms with Crippen molar-refractivity contribution in [3.8, 4) is 11.5 Å². The molecule has 170 valence electrons. The molecule has 0 aliphatic carbocycles. The van der Waals surface area contributed by atoms with Gasteiger partial charge in [-0.15, -0.1) is 10.2 Å². The average Bonchev–Trinajstić information content (AvgIpc) is 3.24. The summed E-state index contributed by atoms with van der Waals surface area (Å²) in [5.74, 6) is 0.760. The number of amides is 1. The zero-order chi connectivity index (χ0) is 23.1. The summed E-state index contributed by atoms with van der Waals surface area (Å²) in [7, 11) is -3.92. The van der Waals surface area contributed by atoms with Crippen molar-refractivity contribution in [2.24, 2.45) is 0 Å². The largest absolute Gasteiger partial charge is 0.490 e. The van der Waals surface area contributed by atoms with Gasteiger partial charge in [-0.05, 0) is 50.1 Å². The molecular formula is C21H24N4O5S2. The Hall–Kier alpha value is -3.02. The third kappa shape index (κ3) is 5.81. The van der Waals surface area contributed by atoms with Crippen LogP contribution in [0.4, 0.5) is 5.13 Å². The fourth-order valence-corrected chi connectivity index (χ4v) is 4.76. The number of hydrogen-bond donors (Lipinski definition) is 2. The summed E-state index contributed by atoms with van der Waals surface area (Å²) >= 11 is 0.775. The van der Waals surface area contributed by atoms with Crippen LogP contribution in [0.2, 0.25) is 0 Å². The van der Waals surface area contributed by atoms with E-state index in [4.69, 9.17) is 9.47 Å². The molecule has 2 aromatic carbocycles. The Balaban J connectivity index is 1.68.